The zero-order valence-corrected chi connectivity index (χ0v) is 9.07. The number of carboxylic acids is 1. The summed E-state index contributed by atoms with van der Waals surface area (Å²) < 4.78 is 0. The monoisotopic (exact) mass is 226 g/mol. The summed E-state index contributed by atoms with van der Waals surface area (Å²) in [5, 5.41) is 19.9. The van der Waals surface area contributed by atoms with Crippen LogP contribution in [0, 0.1) is 6.92 Å². The van der Waals surface area contributed by atoms with E-state index in [2.05, 4.69) is 20.8 Å². The normalized spacial score (nSPS) is 11.9. The fourth-order valence-electron chi connectivity index (χ4n) is 1.04. The summed E-state index contributed by atoms with van der Waals surface area (Å²) in [6, 6.07) is -1.43. The molecule has 0 saturated heterocycles. The Morgan fingerprint density at radius 2 is 2.31 bits per heavy atom. The van der Waals surface area contributed by atoms with Crippen molar-refractivity contribution in [2.24, 2.45) is 0 Å². The lowest BCUT2D eigenvalue weighted by molar-refractivity contribution is -0.138. The average Bonchev–Trinajstić information content (AvgIpc) is 2.61. The Kier molecular flexibility index (Phi) is 3.87. The van der Waals surface area contributed by atoms with Crippen molar-refractivity contribution in [2.75, 3.05) is 0 Å². The summed E-state index contributed by atoms with van der Waals surface area (Å²) in [7, 11) is 0. The van der Waals surface area contributed by atoms with Crippen LogP contribution < -0.4 is 10.6 Å². The first kappa shape index (κ1) is 12.0. The van der Waals surface area contributed by atoms with Gasteiger partial charge in [0.05, 0.1) is 6.20 Å². The van der Waals surface area contributed by atoms with Gasteiger partial charge in [-0.25, -0.2) is 4.79 Å². The fraction of sp³-hybridized carbons (Fsp3) is 0.444. The van der Waals surface area contributed by atoms with Crippen molar-refractivity contribution in [1.82, 2.24) is 20.8 Å². The van der Waals surface area contributed by atoms with Crippen molar-refractivity contribution < 1.29 is 14.7 Å². The minimum absolute atomic E-state index is 0.306. The van der Waals surface area contributed by atoms with Crippen LogP contribution in [0.15, 0.2) is 6.20 Å². The van der Waals surface area contributed by atoms with Gasteiger partial charge in [0.1, 0.15) is 6.04 Å². The Morgan fingerprint density at radius 3 is 2.81 bits per heavy atom. The van der Waals surface area contributed by atoms with E-state index >= 15 is 0 Å². The first-order valence-corrected chi connectivity index (χ1v) is 4.76. The van der Waals surface area contributed by atoms with Crippen LogP contribution >= 0.6 is 0 Å². The Morgan fingerprint density at radius 1 is 1.62 bits per heavy atom. The lowest BCUT2D eigenvalue weighted by Crippen LogP contribution is -2.44. The maximum absolute atomic E-state index is 11.2. The van der Waals surface area contributed by atoms with Gasteiger partial charge in [-0.1, -0.05) is 0 Å². The predicted octanol–water partition coefficient (Wildman–Crippen LogP) is -0.00958. The molecule has 0 unspecified atom stereocenters. The Labute approximate surface area is 92.2 Å². The molecule has 1 aromatic rings. The predicted molar refractivity (Wildman–Crippen MR) is 55.8 cm³/mol. The number of nitrogens with zero attached hydrogens (tertiary/aromatic N) is 1. The lowest BCUT2D eigenvalue weighted by Gasteiger charge is -2.10. The van der Waals surface area contributed by atoms with Gasteiger partial charge in [0.2, 0.25) is 0 Å². The van der Waals surface area contributed by atoms with Crippen LogP contribution in [0.4, 0.5) is 4.79 Å². The summed E-state index contributed by atoms with van der Waals surface area (Å²) in [6.07, 6.45) is 1.61. The molecule has 88 valence electrons. The van der Waals surface area contributed by atoms with E-state index in [4.69, 9.17) is 5.11 Å². The van der Waals surface area contributed by atoms with Crippen molar-refractivity contribution >= 4 is 12.0 Å². The molecular weight excluding hydrogens is 212 g/mol. The van der Waals surface area contributed by atoms with E-state index in [1.165, 1.54) is 6.92 Å². The highest BCUT2D eigenvalue weighted by Crippen LogP contribution is 2.00. The second-order valence-corrected chi connectivity index (χ2v) is 3.41. The zero-order chi connectivity index (χ0) is 12.1. The Hall–Kier alpha value is -2.05. The summed E-state index contributed by atoms with van der Waals surface area (Å²) in [4.78, 5) is 21.7. The van der Waals surface area contributed by atoms with Crippen molar-refractivity contribution in [1.29, 1.82) is 0 Å². The molecule has 1 aromatic heterocycles. The number of carbonyl (C=O) groups excluding carboxylic acids is 1. The number of carboxylic acid groups (broad SMARTS) is 1. The number of aromatic nitrogens is 2. The second kappa shape index (κ2) is 5.15. The van der Waals surface area contributed by atoms with E-state index in [1.54, 1.807) is 6.20 Å². The van der Waals surface area contributed by atoms with Crippen LogP contribution in [0.1, 0.15) is 18.2 Å². The van der Waals surface area contributed by atoms with Crippen LogP contribution in [-0.2, 0) is 11.3 Å². The first-order chi connectivity index (χ1) is 7.50. The van der Waals surface area contributed by atoms with Gasteiger partial charge in [-0.05, 0) is 13.8 Å². The van der Waals surface area contributed by atoms with E-state index < -0.39 is 18.0 Å². The molecule has 7 nitrogen and oxygen atoms in total. The number of H-pyrrole nitrogens is 1. The number of carbonyl (C=O) groups is 2. The molecule has 0 bridgehead atoms. The maximum Gasteiger partial charge on any atom is 0.325 e. The van der Waals surface area contributed by atoms with Crippen molar-refractivity contribution in [2.45, 2.75) is 26.4 Å². The highest BCUT2D eigenvalue weighted by Gasteiger charge is 2.13. The van der Waals surface area contributed by atoms with Gasteiger partial charge in [-0.2, -0.15) is 5.10 Å². The van der Waals surface area contributed by atoms with Crippen molar-refractivity contribution in [3.63, 3.8) is 0 Å². The number of hydrogen-bond donors (Lipinski definition) is 4. The molecular formula is C9H14N4O3. The molecule has 1 heterocycles. The van der Waals surface area contributed by atoms with E-state index in [9.17, 15) is 9.59 Å². The molecule has 4 N–H and O–H groups in total. The molecule has 0 aliphatic heterocycles. The topological polar surface area (TPSA) is 107 Å². The number of urea groups is 1. The Balaban J connectivity index is 2.36. The largest absolute Gasteiger partial charge is 0.480 e. The fourth-order valence-corrected chi connectivity index (χ4v) is 1.04. The van der Waals surface area contributed by atoms with Crippen LogP contribution in [0.5, 0.6) is 0 Å². The van der Waals surface area contributed by atoms with Crippen molar-refractivity contribution in [3.8, 4) is 0 Å². The average molecular weight is 226 g/mol. The number of rotatable bonds is 4. The minimum atomic E-state index is -1.07. The summed E-state index contributed by atoms with van der Waals surface area (Å²) in [5.74, 6) is -1.07. The molecule has 1 atom stereocenters. The quantitative estimate of drug-likeness (QED) is 0.579. The third kappa shape index (κ3) is 3.26. The molecule has 0 spiro atoms. The number of aryl methyl sites for hydroxylation is 1. The molecule has 16 heavy (non-hydrogen) atoms. The standard InChI is InChI=1S/C9H14N4O3/c1-5-7(4-11-13-5)3-10-9(16)12-6(2)8(14)15/h4,6H,3H2,1-2H3,(H,11,13)(H,14,15)(H2,10,12,16)/t6-/m1/s1. The molecule has 1 rings (SSSR count). The van der Waals surface area contributed by atoms with Crippen molar-refractivity contribution in [3.05, 3.63) is 17.5 Å². The van der Waals surface area contributed by atoms with Crippen LogP contribution in [0.25, 0.3) is 0 Å². The van der Waals surface area contributed by atoms with Gasteiger partial charge in [0.15, 0.2) is 0 Å². The first-order valence-electron chi connectivity index (χ1n) is 4.76. The zero-order valence-electron chi connectivity index (χ0n) is 9.07. The van der Waals surface area contributed by atoms with Gasteiger partial charge in [0.25, 0.3) is 0 Å². The van der Waals surface area contributed by atoms with E-state index in [0.29, 0.717) is 6.54 Å². The van der Waals surface area contributed by atoms with E-state index in [1.807, 2.05) is 6.92 Å². The smallest absolute Gasteiger partial charge is 0.325 e. The van der Waals surface area contributed by atoms with Gasteiger partial charge in [-0.3, -0.25) is 9.89 Å². The third-order valence-corrected chi connectivity index (χ3v) is 2.09. The minimum Gasteiger partial charge on any atom is -0.480 e. The third-order valence-electron chi connectivity index (χ3n) is 2.09. The Bertz CT molecular complexity index is 388. The molecule has 0 radical (unpaired) electrons. The van der Waals surface area contributed by atoms with Gasteiger partial charge >= 0.3 is 12.0 Å². The van der Waals surface area contributed by atoms with Gasteiger partial charge in [0, 0.05) is 17.8 Å². The number of aromatic amines is 1. The molecule has 0 aliphatic rings. The lowest BCUT2D eigenvalue weighted by atomic mass is 10.3. The van der Waals surface area contributed by atoms with Gasteiger partial charge < -0.3 is 15.7 Å². The number of hydrogen-bond acceptors (Lipinski definition) is 3. The van der Waals surface area contributed by atoms with E-state index in [0.717, 1.165) is 11.3 Å². The summed E-state index contributed by atoms with van der Waals surface area (Å²) in [6.45, 7) is 3.54. The highest BCUT2D eigenvalue weighted by molar-refractivity contribution is 5.82. The SMILES string of the molecule is Cc1[nH]ncc1CNC(=O)N[C@H](C)C(=O)O. The van der Waals surface area contributed by atoms with Crippen LogP contribution in [0.2, 0.25) is 0 Å². The number of aliphatic carboxylic acids is 1. The van der Waals surface area contributed by atoms with Crippen LogP contribution in [-0.4, -0.2) is 33.3 Å². The molecule has 0 aromatic carbocycles. The molecule has 2 amide bonds. The summed E-state index contributed by atoms with van der Waals surface area (Å²) in [5.41, 5.74) is 1.73. The van der Waals surface area contributed by atoms with Gasteiger partial charge in [-0.15, -0.1) is 0 Å². The van der Waals surface area contributed by atoms with E-state index in [-0.39, 0.29) is 0 Å². The second-order valence-electron chi connectivity index (χ2n) is 3.41. The number of amides is 2. The molecule has 0 aliphatic carbocycles. The van der Waals surface area contributed by atoms with Crippen LogP contribution in [0.3, 0.4) is 0 Å². The number of nitrogens with one attached hydrogen (secondary N) is 3. The maximum atomic E-state index is 11.2. The molecule has 7 heteroatoms. The molecule has 0 fully saturated rings. The summed E-state index contributed by atoms with van der Waals surface area (Å²) >= 11 is 0. The highest BCUT2D eigenvalue weighted by atomic mass is 16.4. The molecule has 0 saturated carbocycles.